The maximum Gasteiger partial charge on any atom is 0.341 e. The second-order valence-electron chi connectivity index (χ2n) is 10.8. The topological polar surface area (TPSA) is 123 Å². The van der Waals surface area contributed by atoms with Crippen LogP contribution in [0.5, 0.6) is 5.75 Å². The van der Waals surface area contributed by atoms with Gasteiger partial charge in [-0.15, -0.1) is 23.1 Å². The largest absolute Gasteiger partial charge is 0.493 e. The molecule has 0 unspecified atom stereocenters. The van der Waals surface area contributed by atoms with Gasteiger partial charge < -0.3 is 25.4 Å². The van der Waals surface area contributed by atoms with Gasteiger partial charge in [0.25, 0.3) is 11.8 Å². The zero-order valence-electron chi connectivity index (χ0n) is 26.8. The summed E-state index contributed by atoms with van der Waals surface area (Å²) in [6.45, 7) is 4.33. The maximum absolute atomic E-state index is 13.6. The highest BCUT2D eigenvalue weighted by Crippen LogP contribution is 2.39. The summed E-state index contributed by atoms with van der Waals surface area (Å²) in [4.78, 5) is 54.4. The predicted molar refractivity (Wildman–Crippen MR) is 191 cm³/mol. The summed E-state index contributed by atoms with van der Waals surface area (Å²) >= 11 is 2.75. The van der Waals surface area contributed by atoms with Crippen LogP contribution in [0.15, 0.2) is 89.5 Å². The first kappa shape index (κ1) is 34.5. The van der Waals surface area contributed by atoms with E-state index in [4.69, 9.17) is 9.47 Å². The van der Waals surface area contributed by atoms with Gasteiger partial charge in [0.05, 0.1) is 24.5 Å². The third-order valence-electron chi connectivity index (χ3n) is 7.41. The molecule has 5 rings (SSSR count). The molecule has 0 aliphatic heterocycles. The molecule has 9 nitrogen and oxygen atoms in total. The fraction of sp³-hybridized carbons (Fsp3) is 0.243. The highest BCUT2D eigenvalue weighted by atomic mass is 32.2. The van der Waals surface area contributed by atoms with E-state index in [-0.39, 0.29) is 24.0 Å². The summed E-state index contributed by atoms with van der Waals surface area (Å²) in [6.07, 6.45) is 5.33. The van der Waals surface area contributed by atoms with Gasteiger partial charge in [-0.05, 0) is 87.6 Å². The van der Waals surface area contributed by atoms with Gasteiger partial charge in [0.2, 0.25) is 5.91 Å². The lowest BCUT2D eigenvalue weighted by molar-refractivity contribution is -0.114. The SMILES string of the molecule is CCOC(=O)c1c(NC(=O)CSc2cccc(NC(=O)/C(=C\c3ccccc3OCC)NC(=O)c3ccccc3)c2)sc2c1CCCC2. The highest BCUT2D eigenvalue weighted by molar-refractivity contribution is 8.00. The van der Waals surface area contributed by atoms with E-state index < -0.39 is 17.8 Å². The second kappa shape index (κ2) is 16.8. The van der Waals surface area contributed by atoms with Crippen LogP contribution in [0.3, 0.4) is 0 Å². The fourth-order valence-electron chi connectivity index (χ4n) is 5.23. The van der Waals surface area contributed by atoms with Gasteiger partial charge in [-0.1, -0.05) is 42.5 Å². The Hall–Kier alpha value is -4.87. The van der Waals surface area contributed by atoms with Gasteiger partial charge >= 0.3 is 5.97 Å². The number of rotatable bonds is 13. The van der Waals surface area contributed by atoms with Gasteiger partial charge in [0, 0.05) is 26.6 Å². The summed E-state index contributed by atoms with van der Waals surface area (Å²) in [5.41, 5.74) is 3.02. The molecule has 0 atom stereocenters. The Bertz CT molecular complexity index is 1820. The Balaban J connectivity index is 1.28. The summed E-state index contributed by atoms with van der Waals surface area (Å²) < 4.78 is 11.0. The molecule has 3 aromatic carbocycles. The average Bonchev–Trinajstić information content (AvgIpc) is 3.46. The number of esters is 1. The smallest absolute Gasteiger partial charge is 0.341 e. The molecule has 1 aliphatic carbocycles. The molecule has 3 amide bonds. The van der Waals surface area contributed by atoms with Crippen molar-refractivity contribution in [2.75, 3.05) is 29.6 Å². The van der Waals surface area contributed by atoms with E-state index in [1.54, 1.807) is 67.6 Å². The predicted octanol–water partition coefficient (Wildman–Crippen LogP) is 7.34. The minimum Gasteiger partial charge on any atom is -0.493 e. The summed E-state index contributed by atoms with van der Waals surface area (Å²) in [6, 6.07) is 23.0. The van der Waals surface area contributed by atoms with Crippen molar-refractivity contribution in [3.8, 4) is 5.75 Å². The second-order valence-corrected chi connectivity index (χ2v) is 13.0. The lowest BCUT2D eigenvalue weighted by Crippen LogP contribution is -2.30. The van der Waals surface area contributed by atoms with Crippen LogP contribution in [0.25, 0.3) is 6.08 Å². The molecule has 0 bridgehead atoms. The number of benzene rings is 3. The molecular formula is C37H37N3O6S2. The molecule has 0 radical (unpaired) electrons. The highest BCUT2D eigenvalue weighted by Gasteiger charge is 2.27. The third kappa shape index (κ3) is 8.93. The number of hydrogen-bond acceptors (Lipinski definition) is 8. The number of hydrogen-bond donors (Lipinski definition) is 3. The average molecular weight is 684 g/mol. The van der Waals surface area contributed by atoms with Crippen molar-refractivity contribution in [3.63, 3.8) is 0 Å². The molecule has 11 heteroatoms. The normalized spacial score (nSPS) is 12.4. The van der Waals surface area contributed by atoms with E-state index >= 15 is 0 Å². The standard InChI is InChI=1S/C37H37N3O6S2/c1-3-45-30-19-10-8-15-25(30)21-29(39-34(42)24-13-6-5-7-14-24)35(43)38-26-16-12-17-27(22-26)47-23-32(41)40-36-33(37(44)46-4-2)28-18-9-11-20-31(28)48-36/h5-8,10,12-17,19,21-22H,3-4,9,11,18,20,23H2,1-2H3,(H,38,43)(H,39,42)(H,40,41)/b29-21+. The van der Waals surface area contributed by atoms with Crippen LogP contribution >= 0.6 is 23.1 Å². The molecule has 0 saturated heterocycles. The molecular weight excluding hydrogens is 647 g/mol. The van der Waals surface area contributed by atoms with E-state index in [0.717, 1.165) is 41.0 Å². The zero-order chi connectivity index (χ0) is 33.9. The Kier molecular flexibility index (Phi) is 12.1. The summed E-state index contributed by atoms with van der Waals surface area (Å²) in [7, 11) is 0. The van der Waals surface area contributed by atoms with Crippen molar-refractivity contribution in [2.24, 2.45) is 0 Å². The van der Waals surface area contributed by atoms with Crippen molar-refractivity contribution >= 4 is 63.6 Å². The Morgan fingerprint density at radius 2 is 1.65 bits per heavy atom. The number of fused-ring (bicyclic) bond motifs is 1. The minimum absolute atomic E-state index is 0.0319. The molecule has 0 saturated carbocycles. The molecule has 248 valence electrons. The van der Waals surface area contributed by atoms with Crippen LogP contribution in [0.2, 0.25) is 0 Å². The maximum atomic E-state index is 13.6. The molecule has 4 aromatic rings. The van der Waals surface area contributed by atoms with Crippen molar-refractivity contribution in [3.05, 3.63) is 112 Å². The molecule has 1 aliphatic rings. The minimum atomic E-state index is -0.529. The van der Waals surface area contributed by atoms with Crippen LogP contribution in [0.4, 0.5) is 10.7 Å². The van der Waals surface area contributed by atoms with Crippen molar-refractivity contribution < 1.29 is 28.7 Å². The monoisotopic (exact) mass is 683 g/mol. The molecule has 1 heterocycles. The molecule has 0 spiro atoms. The van der Waals surface area contributed by atoms with Crippen molar-refractivity contribution in [1.82, 2.24) is 5.32 Å². The number of carbonyl (C=O) groups excluding carboxylic acids is 4. The number of aryl methyl sites for hydroxylation is 1. The first-order chi connectivity index (χ1) is 23.4. The van der Waals surface area contributed by atoms with Crippen molar-refractivity contribution in [1.29, 1.82) is 0 Å². The van der Waals surface area contributed by atoms with Gasteiger partial charge in [0.1, 0.15) is 16.4 Å². The number of thiophene rings is 1. The number of anilines is 2. The number of para-hydroxylation sites is 1. The number of nitrogens with one attached hydrogen (secondary N) is 3. The van der Waals surface area contributed by atoms with Gasteiger partial charge in [-0.3, -0.25) is 14.4 Å². The van der Waals surface area contributed by atoms with Crippen LogP contribution in [-0.4, -0.2) is 42.7 Å². The number of ether oxygens (including phenoxy) is 2. The summed E-state index contributed by atoms with van der Waals surface area (Å²) in [5, 5.41) is 9.10. The first-order valence-electron chi connectivity index (χ1n) is 15.8. The van der Waals surface area contributed by atoms with E-state index in [1.165, 1.54) is 23.1 Å². The van der Waals surface area contributed by atoms with Crippen LogP contribution in [0, 0.1) is 0 Å². The number of carbonyl (C=O) groups is 4. The van der Waals surface area contributed by atoms with E-state index in [2.05, 4.69) is 16.0 Å². The van der Waals surface area contributed by atoms with Gasteiger partial charge in [0.15, 0.2) is 0 Å². The van der Waals surface area contributed by atoms with Gasteiger partial charge in [-0.2, -0.15) is 0 Å². The van der Waals surface area contributed by atoms with E-state index in [0.29, 0.717) is 39.7 Å². The van der Waals surface area contributed by atoms with E-state index in [9.17, 15) is 19.2 Å². The number of amides is 3. The van der Waals surface area contributed by atoms with Crippen LogP contribution in [-0.2, 0) is 27.2 Å². The Morgan fingerprint density at radius 3 is 2.44 bits per heavy atom. The molecule has 0 fully saturated rings. The van der Waals surface area contributed by atoms with Crippen molar-refractivity contribution in [2.45, 2.75) is 44.4 Å². The van der Waals surface area contributed by atoms with E-state index in [1.807, 2.05) is 31.2 Å². The Labute approximate surface area is 288 Å². The fourth-order valence-corrected chi connectivity index (χ4v) is 7.28. The third-order valence-corrected chi connectivity index (χ3v) is 9.61. The number of thioether (sulfide) groups is 1. The quantitative estimate of drug-likeness (QED) is 0.0766. The first-order valence-corrected chi connectivity index (χ1v) is 17.6. The summed E-state index contributed by atoms with van der Waals surface area (Å²) in [5.74, 6) is -0.946. The zero-order valence-corrected chi connectivity index (χ0v) is 28.4. The molecule has 3 N–H and O–H groups in total. The molecule has 1 aromatic heterocycles. The lowest BCUT2D eigenvalue weighted by Gasteiger charge is -2.13. The lowest BCUT2D eigenvalue weighted by atomic mass is 9.95. The van der Waals surface area contributed by atoms with Gasteiger partial charge in [-0.25, -0.2) is 4.79 Å². The van der Waals surface area contributed by atoms with Crippen LogP contribution in [0.1, 0.15) is 63.4 Å². The Morgan fingerprint density at radius 1 is 0.875 bits per heavy atom. The molecule has 48 heavy (non-hydrogen) atoms. The van der Waals surface area contributed by atoms with Crippen LogP contribution < -0.4 is 20.7 Å².